The van der Waals surface area contributed by atoms with Crippen LogP contribution in [0.15, 0.2) is 52.3 Å². The first kappa shape index (κ1) is 20.7. The number of nitrogens with zero attached hydrogens (tertiary/aromatic N) is 2. The van der Waals surface area contributed by atoms with Crippen molar-refractivity contribution in [1.29, 1.82) is 0 Å². The van der Waals surface area contributed by atoms with Crippen LogP contribution >= 0.6 is 35.8 Å². The molecule has 0 saturated heterocycles. The number of benzene rings is 2. The molecular weight excluding hydrogens is 399 g/mol. The molecular formula is C17H20Cl2CuN2S. The zero-order chi connectivity index (χ0) is 14.8. The summed E-state index contributed by atoms with van der Waals surface area (Å²) in [4.78, 5) is 7.22. The quantitative estimate of drug-likeness (QED) is 0.621. The van der Waals surface area contributed by atoms with Gasteiger partial charge in [0.2, 0.25) is 0 Å². The molecule has 0 N–H and O–H groups in total. The molecule has 1 radical (unpaired) electrons. The fourth-order valence-corrected chi connectivity index (χ4v) is 3.83. The molecule has 0 bridgehead atoms. The van der Waals surface area contributed by atoms with Crippen LogP contribution in [0.25, 0.3) is 0 Å². The van der Waals surface area contributed by atoms with Crippen molar-refractivity contribution in [2.75, 3.05) is 32.1 Å². The number of anilines is 2. The number of fused-ring (bicyclic) bond motifs is 2. The summed E-state index contributed by atoms with van der Waals surface area (Å²) in [6, 6.07) is 14.8. The van der Waals surface area contributed by atoms with E-state index in [9.17, 15) is 0 Å². The van der Waals surface area contributed by atoms with Crippen molar-refractivity contribution in [3.63, 3.8) is 0 Å². The van der Waals surface area contributed by atoms with Crippen LogP contribution in [0, 0.1) is 0 Å². The number of para-hydroxylation sites is 1. The van der Waals surface area contributed by atoms with Crippen LogP contribution in [0.3, 0.4) is 0 Å². The van der Waals surface area contributed by atoms with Gasteiger partial charge in [-0.25, -0.2) is 0 Å². The first-order valence-electron chi connectivity index (χ1n) is 7.14. The monoisotopic (exact) mass is 417 g/mol. The van der Waals surface area contributed by atoms with Gasteiger partial charge < -0.3 is 9.80 Å². The minimum atomic E-state index is 0. The molecule has 1 aliphatic heterocycles. The van der Waals surface area contributed by atoms with E-state index in [0.717, 1.165) is 24.5 Å². The largest absolute Gasteiger partial charge is 0.340 e. The molecule has 3 rings (SSSR count). The van der Waals surface area contributed by atoms with Gasteiger partial charge in [0.1, 0.15) is 0 Å². The van der Waals surface area contributed by atoms with Gasteiger partial charge in [0.25, 0.3) is 0 Å². The standard InChI is InChI=1S/C17H19ClN2S.ClH.Cu/c1-19(2)10-5-11-20-14-6-3-4-7-16(14)21-17-9-8-13(18)12-15(17)20;;/h3-4,6-9,12H,5,10-11H2,1-2H3;1H;. The summed E-state index contributed by atoms with van der Waals surface area (Å²) in [7, 11) is 4.23. The minimum absolute atomic E-state index is 0. The van der Waals surface area contributed by atoms with Gasteiger partial charge in [0.05, 0.1) is 11.4 Å². The minimum Gasteiger partial charge on any atom is -0.340 e. The number of halogens is 2. The number of hydrogen-bond donors (Lipinski definition) is 0. The van der Waals surface area contributed by atoms with Gasteiger partial charge in [-0.3, -0.25) is 0 Å². The van der Waals surface area contributed by atoms with E-state index < -0.39 is 0 Å². The molecule has 1 aliphatic rings. The molecule has 2 aromatic carbocycles. The zero-order valence-electron chi connectivity index (χ0n) is 13.1. The van der Waals surface area contributed by atoms with Crippen LogP contribution in [0.4, 0.5) is 11.4 Å². The molecule has 23 heavy (non-hydrogen) atoms. The van der Waals surface area contributed by atoms with Crippen LogP contribution in [-0.4, -0.2) is 32.1 Å². The van der Waals surface area contributed by atoms with Gasteiger partial charge >= 0.3 is 0 Å². The fraction of sp³-hybridized carbons (Fsp3) is 0.294. The van der Waals surface area contributed by atoms with E-state index in [-0.39, 0.29) is 29.5 Å². The third-order valence-electron chi connectivity index (χ3n) is 3.57. The van der Waals surface area contributed by atoms with E-state index in [1.165, 1.54) is 21.2 Å². The van der Waals surface area contributed by atoms with Crippen molar-refractivity contribution in [1.82, 2.24) is 4.90 Å². The maximum atomic E-state index is 6.21. The van der Waals surface area contributed by atoms with Gasteiger partial charge in [-0.1, -0.05) is 35.5 Å². The molecule has 6 heteroatoms. The Hall–Kier alpha value is -0.351. The Kier molecular flexibility index (Phi) is 8.29. The second kappa shape index (κ2) is 9.22. The molecule has 0 spiro atoms. The summed E-state index contributed by atoms with van der Waals surface area (Å²) >= 11 is 8.03. The van der Waals surface area contributed by atoms with E-state index in [0.29, 0.717) is 0 Å². The smallest absolute Gasteiger partial charge is 0.0567 e. The van der Waals surface area contributed by atoms with Crippen molar-refractivity contribution >= 4 is 47.1 Å². The third kappa shape index (κ3) is 4.82. The first-order valence-corrected chi connectivity index (χ1v) is 8.33. The Morgan fingerprint density at radius 3 is 2.48 bits per heavy atom. The maximum Gasteiger partial charge on any atom is 0.0567 e. The molecule has 2 nitrogen and oxygen atoms in total. The van der Waals surface area contributed by atoms with Gasteiger partial charge in [-0.15, -0.1) is 12.4 Å². The van der Waals surface area contributed by atoms with Crippen molar-refractivity contribution < 1.29 is 17.1 Å². The second-order valence-corrected chi connectivity index (χ2v) is 7.01. The normalized spacial score (nSPS) is 12.1. The molecule has 0 aromatic heterocycles. The maximum absolute atomic E-state index is 6.21. The van der Waals surface area contributed by atoms with Gasteiger partial charge in [0, 0.05) is 38.4 Å². The van der Waals surface area contributed by atoms with Crippen molar-refractivity contribution in [3.05, 3.63) is 47.5 Å². The number of hydrogen-bond acceptors (Lipinski definition) is 3. The summed E-state index contributed by atoms with van der Waals surface area (Å²) in [5.41, 5.74) is 2.51. The van der Waals surface area contributed by atoms with Crippen molar-refractivity contribution in [2.45, 2.75) is 16.2 Å². The molecule has 0 fully saturated rings. The Morgan fingerprint density at radius 1 is 1.04 bits per heavy atom. The summed E-state index contributed by atoms with van der Waals surface area (Å²) in [6.45, 7) is 2.09. The fourth-order valence-electron chi connectivity index (χ4n) is 2.59. The SMILES string of the molecule is CN(C)CCCN1c2ccccc2Sc2ccc(Cl)cc21.Cl.[Cu]. The summed E-state index contributed by atoms with van der Waals surface area (Å²) in [5.74, 6) is 0. The Labute approximate surface area is 164 Å². The van der Waals surface area contributed by atoms with Crippen LogP contribution in [0.1, 0.15) is 6.42 Å². The Bertz CT molecular complexity index is 652. The summed E-state index contributed by atoms with van der Waals surface area (Å²) in [6.07, 6.45) is 1.12. The van der Waals surface area contributed by atoms with Crippen LogP contribution < -0.4 is 4.90 Å². The van der Waals surface area contributed by atoms with Crippen molar-refractivity contribution in [2.24, 2.45) is 0 Å². The van der Waals surface area contributed by atoms with Crippen LogP contribution in [0.5, 0.6) is 0 Å². The molecule has 0 saturated carbocycles. The zero-order valence-corrected chi connectivity index (χ0v) is 16.4. The molecule has 129 valence electrons. The second-order valence-electron chi connectivity index (χ2n) is 5.49. The predicted octanol–water partition coefficient (Wildman–Crippen LogP) is 5.31. The average Bonchev–Trinajstić information content (AvgIpc) is 2.46. The molecule has 0 atom stereocenters. The van der Waals surface area contributed by atoms with E-state index in [1.54, 1.807) is 0 Å². The predicted molar refractivity (Wildman–Crippen MR) is 99.4 cm³/mol. The third-order valence-corrected chi connectivity index (χ3v) is 4.94. The molecule has 0 unspecified atom stereocenters. The van der Waals surface area contributed by atoms with Crippen LogP contribution in [0.2, 0.25) is 5.02 Å². The van der Waals surface area contributed by atoms with E-state index in [4.69, 9.17) is 11.6 Å². The van der Waals surface area contributed by atoms with Crippen LogP contribution in [-0.2, 0) is 17.1 Å². The van der Waals surface area contributed by atoms with Gasteiger partial charge in [0.15, 0.2) is 0 Å². The Balaban J connectivity index is 0.00000132. The molecule has 0 amide bonds. The topological polar surface area (TPSA) is 6.48 Å². The van der Waals surface area contributed by atoms with E-state index in [2.05, 4.69) is 60.3 Å². The Morgan fingerprint density at radius 2 is 1.74 bits per heavy atom. The van der Waals surface area contributed by atoms with Gasteiger partial charge in [-0.05, 0) is 57.4 Å². The first-order chi connectivity index (χ1) is 10.1. The molecule has 0 aliphatic carbocycles. The van der Waals surface area contributed by atoms with E-state index in [1.807, 2.05) is 17.8 Å². The van der Waals surface area contributed by atoms with E-state index >= 15 is 0 Å². The summed E-state index contributed by atoms with van der Waals surface area (Å²) in [5, 5.41) is 0.798. The molecule has 1 heterocycles. The molecule has 2 aromatic rings. The summed E-state index contributed by atoms with van der Waals surface area (Å²) < 4.78 is 0. The number of rotatable bonds is 4. The van der Waals surface area contributed by atoms with Gasteiger partial charge in [-0.2, -0.15) is 0 Å². The van der Waals surface area contributed by atoms with Crippen molar-refractivity contribution in [3.8, 4) is 0 Å². The average molecular weight is 419 g/mol.